The molecule has 0 bridgehead atoms. The highest BCUT2D eigenvalue weighted by Crippen LogP contribution is 2.20. The van der Waals surface area contributed by atoms with Crippen molar-refractivity contribution in [1.29, 1.82) is 0 Å². The zero-order valence-corrected chi connectivity index (χ0v) is 19.5. The van der Waals surface area contributed by atoms with Gasteiger partial charge < -0.3 is 14.8 Å². The lowest BCUT2D eigenvalue weighted by Crippen LogP contribution is -2.20. The molecule has 1 amide bonds. The van der Waals surface area contributed by atoms with Crippen molar-refractivity contribution in [2.24, 2.45) is 0 Å². The van der Waals surface area contributed by atoms with Crippen molar-refractivity contribution < 1.29 is 27.5 Å². The molecule has 0 fully saturated rings. The largest absolute Gasteiger partial charge is 0.497 e. The summed E-state index contributed by atoms with van der Waals surface area (Å²) in [5.74, 6) is -0.536. The fourth-order valence-corrected chi connectivity index (χ4v) is 3.87. The molecule has 0 heterocycles. The van der Waals surface area contributed by atoms with Gasteiger partial charge in [0.2, 0.25) is 0 Å². The number of anilines is 2. The molecule has 0 saturated heterocycles. The zero-order valence-electron chi connectivity index (χ0n) is 18.6. The maximum Gasteiger partial charge on any atom is 0.331 e. The van der Waals surface area contributed by atoms with Crippen LogP contribution < -0.4 is 14.8 Å². The summed E-state index contributed by atoms with van der Waals surface area (Å²) in [4.78, 5) is 23.8. The summed E-state index contributed by atoms with van der Waals surface area (Å²) >= 11 is 0. The zero-order chi connectivity index (χ0) is 24.6. The number of esters is 1. The fourth-order valence-electron chi connectivity index (χ4n) is 2.81. The van der Waals surface area contributed by atoms with Gasteiger partial charge in [-0.15, -0.1) is 0 Å². The highest BCUT2D eigenvalue weighted by Gasteiger charge is 2.14. The van der Waals surface area contributed by atoms with Crippen LogP contribution in [0.15, 0.2) is 83.8 Å². The van der Waals surface area contributed by atoms with Gasteiger partial charge in [0.05, 0.1) is 12.0 Å². The number of sulfonamides is 1. The quantitative estimate of drug-likeness (QED) is 0.354. The van der Waals surface area contributed by atoms with E-state index in [0.717, 1.165) is 11.6 Å². The summed E-state index contributed by atoms with van der Waals surface area (Å²) in [6, 6.07) is 19.7. The number of methoxy groups -OCH3 is 1. The number of benzene rings is 3. The SMILES string of the molecule is COc1ccc(NS(=O)(=O)c2ccc(/C=C/C(=O)OCC(=O)Nc3ccc(C)cc3)cc2)cc1. The summed E-state index contributed by atoms with van der Waals surface area (Å²) in [6.45, 7) is 1.51. The molecule has 0 spiro atoms. The molecule has 0 aromatic heterocycles. The predicted octanol–water partition coefficient (Wildman–Crippen LogP) is 4.00. The molecule has 3 aromatic carbocycles. The van der Waals surface area contributed by atoms with Crippen molar-refractivity contribution in [2.45, 2.75) is 11.8 Å². The van der Waals surface area contributed by atoms with Gasteiger partial charge >= 0.3 is 5.97 Å². The van der Waals surface area contributed by atoms with Crippen molar-refractivity contribution in [1.82, 2.24) is 0 Å². The molecular formula is C25H24N2O6S. The third-order valence-corrected chi connectivity index (χ3v) is 6.02. The van der Waals surface area contributed by atoms with Gasteiger partial charge in [-0.05, 0) is 67.1 Å². The number of hydrogen-bond acceptors (Lipinski definition) is 6. The average molecular weight is 481 g/mol. The van der Waals surface area contributed by atoms with Gasteiger partial charge in [0.15, 0.2) is 6.61 Å². The molecule has 0 unspecified atom stereocenters. The van der Waals surface area contributed by atoms with E-state index in [4.69, 9.17) is 9.47 Å². The summed E-state index contributed by atoms with van der Waals surface area (Å²) in [5, 5.41) is 2.63. The standard InChI is InChI=1S/C25H24N2O6S/c1-18-3-8-20(9-4-18)26-24(28)17-33-25(29)16-7-19-5-14-23(15-6-19)34(30,31)27-21-10-12-22(32-2)13-11-21/h3-16,27H,17H2,1-2H3,(H,26,28)/b16-7+. The van der Waals surface area contributed by atoms with Gasteiger partial charge in [0, 0.05) is 17.5 Å². The Bertz CT molecular complexity index is 1270. The van der Waals surface area contributed by atoms with Gasteiger partial charge in [-0.2, -0.15) is 0 Å². The van der Waals surface area contributed by atoms with E-state index in [9.17, 15) is 18.0 Å². The molecule has 176 valence electrons. The maximum atomic E-state index is 12.6. The summed E-state index contributed by atoms with van der Waals surface area (Å²) in [6.07, 6.45) is 2.63. The number of hydrogen-bond donors (Lipinski definition) is 2. The molecule has 9 heteroatoms. The lowest BCUT2D eigenvalue weighted by atomic mass is 10.2. The molecular weight excluding hydrogens is 456 g/mol. The van der Waals surface area contributed by atoms with E-state index >= 15 is 0 Å². The first-order valence-electron chi connectivity index (χ1n) is 10.2. The van der Waals surface area contributed by atoms with Gasteiger partial charge in [0.25, 0.3) is 15.9 Å². The molecule has 2 N–H and O–H groups in total. The van der Waals surface area contributed by atoms with Gasteiger partial charge in [0.1, 0.15) is 5.75 Å². The molecule has 0 saturated carbocycles. The second-order valence-corrected chi connectivity index (χ2v) is 8.94. The Morgan fingerprint density at radius 1 is 0.882 bits per heavy atom. The van der Waals surface area contributed by atoms with Crippen LogP contribution in [0.4, 0.5) is 11.4 Å². The van der Waals surface area contributed by atoms with Crippen LogP contribution in [0.25, 0.3) is 6.08 Å². The normalized spacial score (nSPS) is 11.1. The van der Waals surface area contributed by atoms with Crippen LogP contribution in [-0.4, -0.2) is 34.0 Å². The van der Waals surface area contributed by atoms with Crippen LogP contribution in [0, 0.1) is 6.92 Å². The summed E-state index contributed by atoms with van der Waals surface area (Å²) in [5.41, 5.74) is 2.66. The van der Waals surface area contributed by atoms with Gasteiger partial charge in [-0.25, -0.2) is 13.2 Å². The average Bonchev–Trinajstić information content (AvgIpc) is 2.83. The predicted molar refractivity (Wildman–Crippen MR) is 130 cm³/mol. The van der Waals surface area contributed by atoms with E-state index in [-0.39, 0.29) is 4.90 Å². The Hall–Kier alpha value is -4.11. The van der Waals surface area contributed by atoms with E-state index in [0.29, 0.717) is 22.7 Å². The Kier molecular flexibility index (Phi) is 8.05. The smallest absolute Gasteiger partial charge is 0.331 e. The first-order chi connectivity index (χ1) is 16.2. The highest BCUT2D eigenvalue weighted by atomic mass is 32.2. The maximum absolute atomic E-state index is 12.6. The van der Waals surface area contributed by atoms with Crippen molar-refractivity contribution in [3.63, 3.8) is 0 Å². The molecule has 0 radical (unpaired) electrons. The molecule has 0 aliphatic rings. The Morgan fingerprint density at radius 2 is 1.50 bits per heavy atom. The fraction of sp³-hybridized carbons (Fsp3) is 0.120. The van der Waals surface area contributed by atoms with Crippen LogP contribution in [0.5, 0.6) is 5.75 Å². The lowest BCUT2D eigenvalue weighted by molar-refractivity contribution is -0.142. The molecule has 0 aliphatic carbocycles. The van der Waals surface area contributed by atoms with E-state index < -0.39 is 28.5 Å². The number of aryl methyl sites for hydroxylation is 1. The van der Waals surface area contributed by atoms with Crippen LogP contribution in [0.1, 0.15) is 11.1 Å². The van der Waals surface area contributed by atoms with Gasteiger partial charge in [-0.3, -0.25) is 9.52 Å². The number of nitrogens with one attached hydrogen (secondary N) is 2. The van der Waals surface area contributed by atoms with Crippen molar-refractivity contribution >= 4 is 39.4 Å². The Balaban J connectivity index is 1.51. The molecule has 3 rings (SSSR count). The summed E-state index contributed by atoms with van der Waals surface area (Å²) < 4.78 is 37.6. The first kappa shape index (κ1) is 24.5. The third kappa shape index (κ3) is 7.21. The minimum absolute atomic E-state index is 0.0656. The number of amides is 1. The molecule has 0 aliphatic heterocycles. The Labute approximate surface area is 198 Å². The second-order valence-electron chi connectivity index (χ2n) is 7.26. The van der Waals surface area contributed by atoms with Crippen molar-refractivity contribution in [3.8, 4) is 5.75 Å². The number of ether oxygens (including phenoxy) is 2. The molecule has 8 nitrogen and oxygen atoms in total. The van der Waals surface area contributed by atoms with Gasteiger partial charge in [-0.1, -0.05) is 29.8 Å². The van der Waals surface area contributed by atoms with E-state index in [2.05, 4.69) is 10.0 Å². The molecule has 0 atom stereocenters. The first-order valence-corrected chi connectivity index (χ1v) is 11.7. The monoisotopic (exact) mass is 480 g/mol. The number of rotatable bonds is 9. The number of carbonyl (C=O) groups is 2. The minimum atomic E-state index is -3.78. The second kappa shape index (κ2) is 11.2. The van der Waals surface area contributed by atoms with Crippen LogP contribution in [-0.2, 0) is 24.3 Å². The van der Waals surface area contributed by atoms with Crippen molar-refractivity contribution in [2.75, 3.05) is 23.8 Å². The minimum Gasteiger partial charge on any atom is -0.497 e. The molecule has 34 heavy (non-hydrogen) atoms. The van der Waals surface area contributed by atoms with E-state index in [1.807, 2.05) is 19.1 Å². The van der Waals surface area contributed by atoms with Crippen LogP contribution in [0.2, 0.25) is 0 Å². The topological polar surface area (TPSA) is 111 Å². The van der Waals surface area contributed by atoms with E-state index in [1.54, 1.807) is 48.5 Å². The van der Waals surface area contributed by atoms with Crippen LogP contribution >= 0.6 is 0 Å². The molecule has 3 aromatic rings. The lowest BCUT2D eigenvalue weighted by Gasteiger charge is -2.09. The number of carbonyl (C=O) groups excluding carboxylic acids is 2. The van der Waals surface area contributed by atoms with Crippen LogP contribution in [0.3, 0.4) is 0 Å². The van der Waals surface area contributed by atoms with Crippen molar-refractivity contribution in [3.05, 3.63) is 90.0 Å². The highest BCUT2D eigenvalue weighted by molar-refractivity contribution is 7.92. The Morgan fingerprint density at radius 3 is 2.12 bits per heavy atom. The summed E-state index contributed by atoms with van der Waals surface area (Å²) in [7, 11) is -2.25. The third-order valence-electron chi connectivity index (χ3n) is 4.63. The van der Waals surface area contributed by atoms with E-state index in [1.165, 1.54) is 25.3 Å².